The van der Waals surface area contributed by atoms with E-state index in [-0.39, 0.29) is 5.91 Å². The van der Waals surface area contributed by atoms with Crippen LogP contribution in [0.1, 0.15) is 10.4 Å². The maximum atomic E-state index is 12.5. The van der Waals surface area contributed by atoms with Gasteiger partial charge in [0.2, 0.25) is 0 Å². The number of hydrogen-bond acceptors (Lipinski definition) is 6. The Morgan fingerprint density at radius 2 is 1.75 bits per heavy atom. The Bertz CT molecular complexity index is 1410. The lowest BCUT2D eigenvalue weighted by Crippen LogP contribution is -2.13. The zero-order valence-corrected chi connectivity index (χ0v) is 16.9. The van der Waals surface area contributed by atoms with Crippen molar-refractivity contribution in [2.75, 3.05) is 16.4 Å². The van der Waals surface area contributed by atoms with Crippen LogP contribution in [0.25, 0.3) is 16.9 Å². The number of amides is 1. The number of pyridine rings is 1. The minimum atomic E-state index is -0.233. The Labute approximate surface area is 183 Å². The molecule has 0 saturated carbocycles. The molecule has 0 bridgehead atoms. The third-order valence-corrected chi connectivity index (χ3v) is 5.00. The van der Waals surface area contributed by atoms with E-state index in [0.29, 0.717) is 22.8 Å². The Kier molecular flexibility index (Phi) is 4.93. The second-order valence-electron chi connectivity index (χ2n) is 7.15. The summed E-state index contributed by atoms with van der Waals surface area (Å²) in [5, 5.41) is 14.3. The first-order valence-corrected chi connectivity index (χ1v) is 9.95. The van der Waals surface area contributed by atoms with Crippen LogP contribution in [0, 0.1) is 0 Å². The zero-order valence-electron chi connectivity index (χ0n) is 16.9. The monoisotopic (exact) mass is 421 g/mol. The number of nitrogens with zero attached hydrogens (tertiary/aromatic N) is 4. The quantitative estimate of drug-likeness (QED) is 0.364. The number of benzene rings is 2. The summed E-state index contributed by atoms with van der Waals surface area (Å²) in [5.74, 6) is 0.353. The smallest absolute Gasteiger partial charge is 0.255 e. The maximum Gasteiger partial charge on any atom is 0.255 e. The highest BCUT2D eigenvalue weighted by atomic mass is 16.1. The molecule has 0 radical (unpaired) electrons. The fourth-order valence-corrected chi connectivity index (χ4v) is 3.37. The molecule has 2 aromatic carbocycles. The first-order chi connectivity index (χ1) is 15.7. The number of nitrogens with one attached hydrogen (secondary N) is 2. The van der Waals surface area contributed by atoms with Crippen molar-refractivity contribution >= 4 is 34.4 Å². The minimum absolute atomic E-state index is 0.233. The first-order valence-electron chi connectivity index (χ1n) is 9.95. The molecule has 0 saturated heterocycles. The Morgan fingerprint density at radius 1 is 0.938 bits per heavy atom. The van der Waals surface area contributed by atoms with Crippen molar-refractivity contribution in [1.82, 2.24) is 19.6 Å². The summed E-state index contributed by atoms with van der Waals surface area (Å²) in [6.45, 7) is 0. The van der Waals surface area contributed by atoms with Gasteiger partial charge in [-0.15, -0.1) is 5.10 Å². The molecule has 0 atom stereocenters. The summed E-state index contributed by atoms with van der Waals surface area (Å²) < 4.78 is 1.99. The summed E-state index contributed by atoms with van der Waals surface area (Å²) >= 11 is 0. The van der Waals surface area contributed by atoms with Crippen LogP contribution in [0.2, 0.25) is 0 Å². The van der Waals surface area contributed by atoms with Gasteiger partial charge in [-0.2, -0.15) is 5.10 Å². The van der Waals surface area contributed by atoms with E-state index in [1.165, 1.54) is 0 Å². The van der Waals surface area contributed by atoms with Gasteiger partial charge < -0.3 is 16.4 Å². The molecule has 1 amide bonds. The molecule has 5 rings (SSSR count). The molecule has 156 valence electrons. The van der Waals surface area contributed by atoms with Gasteiger partial charge in [-0.1, -0.05) is 18.2 Å². The Morgan fingerprint density at radius 3 is 2.59 bits per heavy atom. The van der Waals surface area contributed by atoms with Crippen molar-refractivity contribution in [2.24, 2.45) is 0 Å². The van der Waals surface area contributed by atoms with Crippen molar-refractivity contribution in [3.63, 3.8) is 0 Å². The first kappa shape index (κ1) is 19.3. The van der Waals surface area contributed by atoms with Crippen molar-refractivity contribution in [3.8, 4) is 11.3 Å². The number of para-hydroxylation sites is 2. The van der Waals surface area contributed by atoms with Crippen LogP contribution in [0.5, 0.6) is 0 Å². The van der Waals surface area contributed by atoms with E-state index in [4.69, 9.17) is 5.73 Å². The van der Waals surface area contributed by atoms with Crippen LogP contribution in [-0.4, -0.2) is 25.5 Å². The van der Waals surface area contributed by atoms with Crippen LogP contribution in [0.4, 0.5) is 22.9 Å². The van der Waals surface area contributed by atoms with Gasteiger partial charge in [0.15, 0.2) is 5.82 Å². The molecule has 0 aliphatic heterocycles. The predicted octanol–water partition coefficient (Wildman–Crippen LogP) is 4.37. The van der Waals surface area contributed by atoms with Gasteiger partial charge in [-0.05, 0) is 54.6 Å². The van der Waals surface area contributed by atoms with Gasteiger partial charge in [0.1, 0.15) is 5.65 Å². The lowest BCUT2D eigenvalue weighted by Gasteiger charge is -2.09. The number of rotatable bonds is 5. The number of imidazole rings is 1. The maximum absolute atomic E-state index is 12.5. The van der Waals surface area contributed by atoms with Crippen molar-refractivity contribution in [3.05, 3.63) is 97.0 Å². The third kappa shape index (κ3) is 3.84. The van der Waals surface area contributed by atoms with E-state index in [2.05, 4.69) is 25.8 Å². The fourth-order valence-electron chi connectivity index (χ4n) is 3.37. The molecule has 0 aliphatic rings. The Hall–Kier alpha value is -4.72. The number of carbonyl (C=O) groups is 1. The van der Waals surface area contributed by atoms with E-state index in [0.717, 1.165) is 22.6 Å². The summed E-state index contributed by atoms with van der Waals surface area (Å²) in [4.78, 5) is 16.9. The molecule has 32 heavy (non-hydrogen) atoms. The molecule has 8 nitrogen and oxygen atoms in total. The van der Waals surface area contributed by atoms with Crippen LogP contribution in [0.3, 0.4) is 0 Å². The van der Waals surface area contributed by atoms with Crippen molar-refractivity contribution in [1.29, 1.82) is 0 Å². The molecule has 4 N–H and O–H groups in total. The van der Waals surface area contributed by atoms with Crippen LogP contribution in [-0.2, 0) is 0 Å². The average Bonchev–Trinajstić information content (AvgIpc) is 3.25. The number of anilines is 4. The van der Waals surface area contributed by atoms with Gasteiger partial charge in [0.25, 0.3) is 5.91 Å². The second kappa shape index (κ2) is 8.19. The van der Waals surface area contributed by atoms with E-state index in [1.807, 2.05) is 65.3 Å². The normalized spacial score (nSPS) is 10.8. The van der Waals surface area contributed by atoms with Gasteiger partial charge >= 0.3 is 0 Å². The molecular weight excluding hydrogens is 402 g/mol. The number of aromatic nitrogens is 4. The van der Waals surface area contributed by atoms with E-state index in [9.17, 15) is 4.79 Å². The lowest BCUT2D eigenvalue weighted by atomic mass is 10.1. The molecule has 0 spiro atoms. The second-order valence-corrected chi connectivity index (χ2v) is 7.15. The zero-order chi connectivity index (χ0) is 21.9. The third-order valence-electron chi connectivity index (χ3n) is 5.00. The number of hydrogen-bond donors (Lipinski definition) is 3. The summed E-state index contributed by atoms with van der Waals surface area (Å²) in [6.07, 6.45) is 5.46. The van der Waals surface area contributed by atoms with Crippen molar-refractivity contribution < 1.29 is 4.79 Å². The SMILES string of the molecule is Nc1ccccc1NC(=O)c1ccc(Nc2cc(-c3cnc4ccccn34)cnn2)cc1. The van der Waals surface area contributed by atoms with Gasteiger partial charge in [0.05, 0.1) is 29.5 Å². The number of carbonyl (C=O) groups excluding carboxylic acids is 1. The van der Waals surface area contributed by atoms with Crippen LogP contribution < -0.4 is 16.4 Å². The van der Waals surface area contributed by atoms with Crippen LogP contribution in [0.15, 0.2) is 91.4 Å². The fraction of sp³-hybridized carbons (Fsp3) is 0. The minimum Gasteiger partial charge on any atom is -0.397 e. The highest BCUT2D eigenvalue weighted by Gasteiger charge is 2.10. The number of nitrogens with two attached hydrogens (primary N) is 1. The number of fused-ring (bicyclic) bond motifs is 1. The molecule has 5 aromatic rings. The number of nitrogen functional groups attached to an aromatic ring is 1. The van der Waals surface area contributed by atoms with E-state index < -0.39 is 0 Å². The summed E-state index contributed by atoms with van der Waals surface area (Å²) in [7, 11) is 0. The van der Waals surface area contributed by atoms with Gasteiger partial charge in [-0.25, -0.2) is 4.98 Å². The van der Waals surface area contributed by atoms with Gasteiger partial charge in [-0.3, -0.25) is 9.20 Å². The Balaban J connectivity index is 1.32. The predicted molar refractivity (Wildman–Crippen MR) is 125 cm³/mol. The van der Waals surface area contributed by atoms with E-state index >= 15 is 0 Å². The molecule has 3 heterocycles. The van der Waals surface area contributed by atoms with Gasteiger partial charge in [0, 0.05) is 23.0 Å². The van der Waals surface area contributed by atoms with E-state index in [1.54, 1.807) is 30.5 Å². The largest absolute Gasteiger partial charge is 0.397 e. The highest BCUT2D eigenvalue weighted by molar-refractivity contribution is 6.05. The molecule has 0 fully saturated rings. The summed E-state index contributed by atoms with van der Waals surface area (Å²) in [6, 6.07) is 22.0. The topological polar surface area (TPSA) is 110 Å². The standard InChI is InChI=1S/C24H19N7O/c25-19-5-1-2-6-20(19)29-24(32)16-8-10-18(11-9-16)28-22-13-17(14-27-30-22)21-15-26-23-7-3-4-12-31(21)23/h1-15H,25H2,(H,28,30)(H,29,32). The molecule has 8 heteroatoms. The van der Waals surface area contributed by atoms with Crippen molar-refractivity contribution in [2.45, 2.75) is 0 Å². The van der Waals surface area contributed by atoms with Crippen LogP contribution >= 0.6 is 0 Å². The molecular formula is C24H19N7O. The highest BCUT2D eigenvalue weighted by Crippen LogP contribution is 2.24. The average molecular weight is 421 g/mol. The molecule has 0 aliphatic carbocycles. The molecule has 3 aromatic heterocycles. The lowest BCUT2D eigenvalue weighted by molar-refractivity contribution is 0.102. The molecule has 0 unspecified atom stereocenters. The summed E-state index contributed by atoms with van der Waals surface area (Å²) in [5.41, 5.74) is 11.0.